The summed E-state index contributed by atoms with van der Waals surface area (Å²) < 4.78 is 5.98. The monoisotopic (exact) mass is 417 g/mol. The average molecular weight is 417 g/mol. The molecule has 0 saturated carbocycles. The van der Waals surface area contributed by atoms with Gasteiger partial charge in [-0.1, -0.05) is 30.3 Å². The van der Waals surface area contributed by atoms with Crippen LogP contribution in [0.5, 0.6) is 0 Å². The van der Waals surface area contributed by atoms with E-state index in [1.807, 2.05) is 6.07 Å². The molecule has 1 aromatic rings. The van der Waals surface area contributed by atoms with Crippen LogP contribution in [-0.4, -0.2) is 24.7 Å². The Labute approximate surface area is 150 Å². The summed E-state index contributed by atoms with van der Waals surface area (Å²) in [5, 5.41) is 3.20. The number of nitrogens with two attached hydrogens (primary N) is 1. The van der Waals surface area contributed by atoms with Crippen LogP contribution in [-0.2, 0) is 4.74 Å². The first kappa shape index (κ1) is 19.2. The van der Waals surface area contributed by atoms with E-state index in [9.17, 15) is 0 Å². The number of hydrogen-bond donors (Lipinski definition) is 2. The predicted octanol–water partition coefficient (Wildman–Crippen LogP) is 3.48. The third-order valence-corrected chi connectivity index (χ3v) is 3.57. The summed E-state index contributed by atoms with van der Waals surface area (Å²) in [4.78, 5) is 4.51. The third kappa shape index (κ3) is 6.12. The van der Waals surface area contributed by atoms with E-state index in [2.05, 4.69) is 55.3 Å². The second kappa shape index (κ2) is 8.72. The maximum absolute atomic E-state index is 5.98. The molecule has 1 aliphatic heterocycles. The summed E-state index contributed by atoms with van der Waals surface area (Å²) in [6, 6.07) is 10.4. The molecule has 4 nitrogen and oxygen atoms in total. The van der Waals surface area contributed by atoms with Crippen LogP contribution < -0.4 is 11.1 Å². The Morgan fingerprint density at radius 3 is 2.64 bits per heavy atom. The van der Waals surface area contributed by atoms with Gasteiger partial charge in [-0.3, -0.25) is 4.99 Å². The fraction of sp³-hybridized carbons (Fsp3) is 0.588. The summed E-state index contributed by atoms with van der Waals surface area (Å²) >= 11 is 0. The summed E-state index contributed by atoms with van der Waals surface area (Å²) in [6.07, 6.45) is 2.35. The molecule has 5 heteroatoms. The maximum Gasteiger partial charge on any atom is 0.188 e. The van der Waals surface area contributed by atoms with E-state index in [-0.39, 0.29) is 35.6 Å². The molecule has 0 aromatic heterocycles. The van der Waals surface area contributed by atoms with Crippen molar-refractivity contribution in [1.82, 2.24) is 5.32 Å². The van der Waals surface area contributed by atoms with Crippen molar-refractivity contribution in [3.05, 3.63) is 35.9 Å². The van der Waals surface area contributed by atoms with Gasteiger partial charge in [0.05, 0.1) is 6.10 Å². The van der Waals surface area contributed by atoms with E-state index in [0.29, 0.717) is 18.4 Å². The van der Waals surface area contributed by atoms with Crippen molar-refractivity contribution < 1.29 is 4.74 Å². The molecule has 3 N–H and O–H groups in total. The summed E-state index contributed by atoms with van der Waals surface area (Å²) in [7, 11) is 0. The molecular weight excluding hydrogens is 389 g/mol. The molecule has 0 amide bonds. The zero-order chi connectivity index (χ0) is 15.3. The number of nitrogens with zero attached hydrogens (tertiary/aromatic N) is 1. The first-order valence-corrected chi connectivity index (χ1v) is 7.70. The van der Waals surface area contributed by atoms with Gasteiger partial charge >= 0.3 is 0 Å². The Hall–Kier alpha value is -0.820. The zero-order valence-corrected chi connectivity index (χ0v) is 16.0. The van der Waals surface area contributed by atoms with E-state index in [0.717, 1.165) is 19.4 Å². The van der Waals surface area contributed by atoms with Crippen molar-refractivity contribution in [2.24, 2.45) is 16.6 Å². The highest BCUT2D eigenvalue weighted by Gasteiger charge is 2.27. The van der Waals surface area contributed by atoms with Crippen LogP contribution in [0.2, 0.25) is 0 Å². The molecule has 2 atom stereocenters. The van der Waals surface area contributed by atoms with Gasteiger partial charge in [0, 0.05) is 24.6 Å². The van der Waals surface area contributed by atoms with E-state index in [1.54, 1.807) is 0 Å². The zero-order valence-electron chi connectivity index (χ0n) is 13.7. The number of halogens is 1. The fourth-order valence-electron chi connectivity index (χ4n) is 2.68. The minimum Gasteiger partial charge on any atom is -0.373 e. The molecule has 1 fully saturated rings. The van der Waals surface area contributed by atoms with Crippen LogP contribution in [0.4, 0.5) is 0 Å². The van der Waals surface area contributed by atoms with Gasteiger partial charge < -0.3 is 15.8 Å². The maximum atomic E-state index is 5.98. The van der Waals surface area contributed by atoms with Crippen LogP contribution in [0.3, 0.4) is 0 Å². The molecule has 1 aromatic carbocycles. The molecule has 0 bridgehead atoms. The van der Waals surface area contributed by atoms with Gasteiger partial charge in [-0.15, -0.1) is 24.0 Å². The van der Waals surface area contributed by atoms with Gasteiger partial charge in [0.15, 0.2) is 5.96 Å². The van der Waals surface area contributed by atoms with Gasteiger partial charge in [-0.25, -0.2) is 0 Å². The second-order valence-electron chi connectivity index (χ2n) is 6.71. The molecule has 1 heterocycles. The highest BCUT2D eigenvalue weighted by Crippen LogP contribution is 2.33. The summed E-state index contributed by atoms with van der Waals surface area (Å²) in [6.45, 7) is 7.76. The molecular formula is C17H28IN3O. The molecule has 2 rings (SSSR count). The van der Waals surface area contributed by atoms with E-state index in [1.165, 1.54) is 5.56 Å². The van der Waals surface area contributed by atoms with Crippen molar-refractivity contribution in [3.63, 3.8) is 0 Å². The lowest BCUT2D eigenvalue weighted by molar-refractivity contribution is -0.0250. The lowest BCUT2D eigenvalue weighted by Gasteiger charge is -2.31. The lowest BCUT2D eigenvalue weighted by atomic mass is 9.89. The van der Waals surface area contributed by atoms with Crippen molar-refractivity contribution in [2.75, 3.05) is 13.2 Å². The van der Waals surface area contributed by atoms with Crippen LogP contribution in [0.1, 0.15) is 45.3 Å². The van der Waals surface area contributed by atoms with Gasteiger partial charge in [0.25, 0.3) is 0 Å². The number of hydrogen-bond acceptors (Lipinski definition) is 2. The van der Waals surface area contributed by atoms with Gasteiger partial charge in [0.2, 0.25) is 0 Å². The van der Waals surface area contributed by atoms with Crippen LogP contribution in [0.15, 0.2) is 35.3 Å². The minimum absolute atomic E-state index is 0. The van der Waals surface area contributed by atoms with Crippen molar-refractivity contribution in [1.29, 1.82) is 0 Å². The normalized spacial score (nSPS) is 22.8. The molecule has 22 heavy (non-hydrogen) atoms. The van der Waals surface area contributed by atoms with Crippen LogP contribution >= 0.6 is 24.0 Å². The first-order valence-electron chi connectivity index (χ1n) is 7.70. The standard InChI is InChI=1S/C17H27N3O.HI/c1-17(2,3)20-16(18)19-12-14-10-7-11-21-15(14)13-8-5-4-6-9-13;/h4-6,8-9,14-15H,7,10-12H2,1-3H3,(H3,18,19,20);1H. The summed E-state index contributed by atoms with van der Waals surface area (Å²) in [5.41, 5.74) is 7.14. The minimum atomic E-state index is -0.0600. The number of ether oxygens (including phenoxy) is 1. The van der Waals surface area contributed by atoms with E-state index < -0.39 is 0 Å². The molecule has 2 unspecified atom stereocenters. The number of benzene rings is 1. The fourth-order valence-corrected chi connectivity index (χ4v) is 2.68. The highest BCUT2D eigenvalue weighted by atomic mass is 127. The van der Waals surface area contributed by atoms with Gasteiger partial charge in [-0.05, 0) is 39.2 Å². The predicted molar refractivity (Wildman–Crippen MR) is 103 cm³/mol. The second-order valence-corrected chi connectivity index (χ2v) is 6.71. The number of rotatable bonds is 3. The molecule has 124 valence electrons. The highest BCUT2D eigenvalue weighted by molar-refractivity contribution is 14.0. The van der Waals surface area contributed by atoms with Crippen LogP contribution in [0, 0.1) is 5.92 Å². The Kier molecular flexibility index (Phi) is 7.62. The Morgan fingerprint density at radius 2 is 2.00 bits per heavy atom. The topological polar surface area (TPSA) is 59.6 Å². The lowest BCUT2D eigenvalue weighted by Crippen LogP contribution is -2.45. The van der Waals surface area contributed by atoms with E-state index in [4.69, 9.17) is 10.5 Å². The number of guanidine groups is 1. The molecule has 1 aliphatic rings. The Morgan fingerprint density at radius 1 is 1.32 bits per heavy atom. The van der Waals surface area contributed by atoms with Crippen molar-refractivity contribution >= 4 is 29.9 Å². The first-order chi connectivity index (χ1) is 9.96. The SMILES string of the molecule is CC(C)(C)NC(N)=NCC1CCCOC1c1ccccc1.I. The van der Waals surface area contributed by atoms with Crippen molar-refractivity contribution in [3.8, 4) is 0 Å². The smallest absolute Gasteiger partial charge is 0.188 e. The van der Waals surface area contributed by atoms with Crippen LogP contribution in [0.25, 0.3) is 0 Å². The molecule has 1 saturated heterocycles. The van der Waals surface area contributed by atoms with E-state index >= 15 is 0 Å². The van der Waals surface area contributed by atoms with Crippen molar-refractivity contribution in [2.45, 2.75) is 45.3 Å². The molecule has 0 spiro atoms. The van der Waals surface area contributed by atoms with Gasteiger partial charge in [0.1, 0.15) is 0 Å². The number of nitrogens with one attached hydrogen (secondary N) is 1. The number of aliphatic imine (C=N–C) groups is 1. The quantitative estimate of drug-likeness (QED) is 0.450. The summed E-state index contributed by atoms with van der Waals surface area (Å²) in [5.74, 6) is 0.904. The molecule has 0 aliphatic carbocycles. The third-order valence-electron chi connectivity index (χ3n) is 3.57. The average Bonchev–Trinajstić information content (AvgIpc) is 2.45. The Balaban J connectivity index is 0.00000242. The van der Waals surface area contributed by atoms with Gasteiger partial charge in [-0.2, -0.15) is 0 Å². The largest absolute Gasteiger partial charge is 0.373 e. The molecule has 0 radical (unpaired) electrons. The Bertz CT molecular complexity index is 471.